The van der Waals surface area contributed by atoms with Crippen LogP contribution in [0.3, 0.4) is 0 Å². The molecule has 0 spiro atoms. The summed E-state index contributed by atoms with van der Waals surface area (Å²) in [6.07, 6.45) is 5.05. The number of carboxylic acids is 1. The Balaban J connectivity index is 2.07. The zero-order valence-corrected chi connectivity index (χ0v) is 16.8. The Hall–Kier alpha value is -0.590. The molecule has 4 nitrogen and oxygen atoms in total. The normalized spacial score (nSPS) is 21.7. The lowest BCUT2D eigenvalue weighted by Gasteiger charge is -2.35. The van der Waals surface area contributed by atoms with Gasteiger partial charge in [-0.05, 0) is 81.0 Å². The van der Waals surface area contributed by atoms with Crippen molar-refractivity contribution < 1.29 is 9.90 Å². The van der Waals surface area contributed by atoms with Crippen LogP contribution in [0.4, 0.5) is 5.00 Å². The maximum atomic E-state index is 11.4. The summed E-state index contributed by atoms with van der Waals surface area (Å²) in [6, 6.07) is 0.720. The first-order valence-corrected chi connectivity index (χ1v) is 9.89. The fourth-order valence-corrected chi connectivity index (χ4v) is 5.55. The van der Waals surface area contributed by atoms with Crippen molar-refractivity contribution in [1.82, 2.24) is 4.90 Å². The summed E-state index contributed by atoms with van der Waals surface area (Å²) >= 11 is 4.97. The first kappa shape index (κ1) is 18.7. The molecule has 1 N–H and O–H groups in total. The third-order valence-electron chi connectivity index (χ3n) is 4.99. The van der Waals surface area contributed by atoms with E-state index in [1.807, 2.05) is 6.92 Å². The molecule has 0 aliphatic heterocycles. The van der Waals surface area contributed by atoms with Crippen LogP contribution < -0.4 is 4.90 Å². The number of aromatic carboxylic acids is 1. The SMILES string of the molecule is CCN(CC1CCC(N(C)C)CC1)c1sc(Br)c(C(=O)O)c1C. The van der Waals surface area contributed by atoms with Crippen LogP contribution in [-0.2, 0) is 0 Å². The first-order valence-electron chi connectivity index (χ1n) is 8.28. The summed E-state index contributed by atoms with van der Waals surface area (Å²) in [5.74, 6) is -0.140. The standard InChI is InChI=1S/C17H27BrN2O2S/c1-5-20(10-12-6-8-13(9-7-12)19(3)4)16-11(2)14(17(21)22)15(18)23-16/h12-13H,5-10H2,1-4H3,(H,21,22). The molecule has 130 valence electrons. The molecule has 0 aromatic carbocycles. The van der Waals surface area contributed by atoms with Crippen LogP contribution in [0.25, 0.3) is 0 Å². The number of hydrogen-bond acceptors (Lipinski definition) is 4. The summed E-state index contributed by atoms with van der Waals surface area (Å²) in [5.41, 5.74) is 1.30. The predicted molar refractivity (Wildman–Crippen MR) is 101 cm³/mol. The smallest absolute Gasteiger partial charge is 0.338 e. The van der Waals surface area contributed by atoms with Gasteiger partial charge >= 0.3 is 5.97 Å². The zero-order valence-electron chi connectivity index (χ0n) is 14.4. The number of nitrogens with zero attached hydrogens (tertiary/aromatic N) is 2. The second-order valence-corrected chi connectivity index (χ2v) is 8.98. The molecule has 0 amide bonds. The minimum atomic E-state index is -0.848. The maximum absolute atomic E-state index is 11.4. The molecule has 1 saturated carbocycles. The van der Waals surface area contributed by atoms with Crippen molar-refractivity contribution in [2.24, 2.45) is 5.92 Å². The van der Waals surface area contributed by atoms with E-state index in [0.29, 0.717) is 11.5 Å². The van der Waals surface area contributed by atoms with Gasteiger partial charge in [-0.15, -0.1) is 11.3 Å². The Morgan fingerprint density at radius 3 is 2.35 bits per heavy atom. The number of halogens is 1. The molecule has 1 heterocycles. The second-order valence-electron chi connectivity index (χ2n) is 6.66. The molecular formula is C17H27BrN2O2S. The van der Waals surface area contributed by atoms with Crippen molar-refractivity contribution in [3.8, 4) is 0 Å². The van der Waals surface area contributed by atoms with Gasteiger partial charge < -0.3 is 14.9 Å². The van der Waals surface area contributed by atoms with Gasteiger partial charge in [0.2, 0.25) is 0 Å². The van der Waals surface area contributed by atoms with Crippen LogP contribution in [-0.4, -0.2) is 49.2 Å². The van der Waals surface area contributed by atoms with Gasteiger partial charge in [-0.25, -0.2) is 4.79 Å². The molecule has 0 atom stereocenters. The number of thiophene rings is 1. The van der Waals surface area contributed by atoms with Gasteiger partial charge in [-0.2, -0.15) is 0 Å². The molecule has 1 fully saturated rings. The molecule has 1 aromatic rings. The summed E-state index contributed by atoms with van der Waals surface area (Å²) in [5, 5.41) is 10.5. The van der Waals surface area contributed by atoms with Crippen LogP contribution in [0.2, 0.25) is 0 Å². The molecule has 6 heteroatoms. The number of hydrogen-bond donors (Lipinski definition) is 1. The third-order valence-corrected chi connectivity index (χ3v) is 7.01. The van der Waals surface area contributed by atoms with Gasteiger partial charge in [-0.3, -0.25) is 0 Å². The lowest BCUT2D eigenvalue weighted by molar-refractivity contribution is 0.0696. The van der Waals surface area contributed by atoms with Crippen molar-refractivity contribution in [3.05, 3.63) is 14.9 Å². The minimum Gasteiger partial charge on any atom is -0.478 e. The molecule has 1 aliphatic rings. The second kappa shape index (κ2) is 7.99. The summed E-state index contributed by atoms with van der Waals surface area (Å²) < 4.78 is 0.729. The van der Waals surface area contributed by atoms with Gasteiger partial charge in [0.15, 0.2) is 0 Å². The van der Waals surface area contributed by atoms with Crippen LogP contribution in [0, 0.1) is 12.8 Å². The van der Waals surface area contributed by atoms with Crippen molar-refractivity contribution in [3.63, 3.8) is 0 Å². The van der Waals surface area contributed by atoms with E-state index in [-0.39, 0.29) is 0 Å². The molecule has 0 saturated heterocycles. The average Bonchev–Trinajstić information content (AvgIpc) is 2.80. The highest BCUT2D eigenvalue weighted by atomic mass is 79.9. The van der Waals surface area contributed by atoms with Gasteiger partial charge in [0, 0.05) is 19.1 Å². The van der Waals surface area contributed by atoms with E-state index in [1.54, 1.807) is 11.3 Å². The zero-order chi connectivity index (χ0) is 17.1. The molecule has 0 radical (unpaired) electrons. The molecule has 0 unspecified atom stereocenters. The first-order chi connectivity index (χ1) is 10.8. The van der Waals surface area contributed by atoms with E-state index < -0.39 is 5.97 Å². The van der Waals surface area contributed by atoms with E-state index >= 15 is 0 Å². The summed E-state index contributed by atoms with van der Waals surface area (Å²) in [4.78, 5) is 16.1. The average molecular weight is 403 g/mol. The van der Waals surface area contributed by atoms with Crippen molar-refractivity contribution in [2.75, 3.05) is 32.1 Å². The van der Waals surface area contributed by atoms with E-state index in [1.165, 1.54) is 25.7 Å². The Labute approximate surface area is 151 Å². The number of rotatable bonds is 6. The summed E-state index contributed by atoms with van der Waals surface area (Å²) in [6.45, 7) is 6.02. The fourth-order valence-electron chi connectivity index (χ4n) is 3.52. The molecular weight excluding hydrogens is 376 g/mol. The maximum Gasteiger partial charge on any atom is 0.338 e. The largest absolute Gasteiger partial charge is 0.478 e. The van der Waals surface area contributed by atoms with Crippen molar-refractivity contribution >= 4 is 38.2 Å². The highest BCUT2D eigenvalue weighted by molar-refractivity contribution is 9.11. The Kier molecular flexibility index (Phi) is 6.51. The topological polar surface area (TPSA) is 43.8 Å². The van der Waals surface area contributed by atoms with Crippen LogP contribution in [0.15, 0.2) is 3.79 Å². The summed E-state index contributed by atoms with van der Waals surface area (Å²) in [7, 11) is 4.34. The molecule has 1 aliphatic carbocycles. The van der Waals surface area contributed by atoms with E-state index in [0.717, 1.165) is 33.5 Å². The van der Waals surface area contributed by atoms with Gasteiger partial charge in [0.25, 0.3) is 0 Å². The Bertz CT molecular complexity index is 551. The van der Waals surface area contributed by atoms with Crippen LogP contribution >= 0.6 is 27.3 Å². The molecule has 2 rings (SSSR count). The van der Waals surface area contributed by atoms with Gasteiger partial charge in [-0.1, -0.05) is 0 Å². The lowest BCUT2D eigenvalue weighted by Crippen LogP contribution is -2.36. The van der Waals surface area contributed by atoms with Gasteiger partial charge in [0.1, 0.15) is 0 Å². The highest BCUT2D eigenvalue weighted by Crippen LogP contribution is 2.40. The van der Waals surface area contributed by atoms with Crippen LogP contribution in [0.5, 0.6) is 0 Å². The highest BCUT2D eigenvalue weighted by Gasteiger charge is 2.26. The Morgan fingerprint density at radius 2 is 1.91 bits per heavy atom. The number of carboxylic acid groups (broad SMARTS) is 1. The fraction of sp³-hybridized carbons (Fsp3) is 0.706. The molecule has 23 heavy (non-hydrogen) atoms. The quantitative estimate of drug-likeness (QED) is 0.762. The van der Waals surface area contributed by atoms with E-state index in [2.05, 4.69) is 46.7 Å². The lowest BCUT2D eigenvalue weighted by atomic mass is 9.85. The monoisotopic (exact) mass is 402 g/mol. The Morgan fingerprint density at radius 1 is 1.30 bits per heavy atom. The van der Waals surface area contributed by atoms with Crippen molar-refractivity contribution in [2.45, 2.75) is 45.6 Å². The minimum absolute atomic E-state index is 0.416. The third kappa shape index (κ3) is 4.28. The molecule has 1 aromatic heterocycles. The van der Waals surface area contributed by atoms with Crippen LogP contribution in [0.1, 0.15) is 48.5 Å². The van der Waals surface area contributed by atoms with E-state index in [4.69, 9.17) is 0 Å². The predicted octanol–water partition coefficient (Wildman–Crippen LogP) is 4.46. The number of anilines is 1. The molecule has 0 bridgehead atoms. The van der Waals surface area contributed by atoms with E-state index in [9.17, 15) is 9.90 Å². The number of carbonyl (C=O) groups is 1. The van der Waals surface area contributed by atoms with Gasteiger partial charge in [0.05, 0.1) is 14.4 Å². The van der Waals surface area contributed by atoms with Crippen molar-refractivity contribution in [1.29, 1.82) is 0 Å².